The van der Waals surface area contributed by atoms with Gasteiger partial charge < -0.3 is 10.6 Å². The van der Waals surface area contributed by atoms with Crippen LogP contribution in [0.4, 0.5) is 5.69 Å². The SMILES string of the molecule is Cc1ccc(C(=O)N2CCC(CN)C2)cc1[N+](=O)[O-]. The van der Waals surface area contributed by atoms with Crippen LogP contribution in [0.1, 0.15) is 22.3 Å². The summed E-state index contributed by atoms with van der Waals surface area (Å²) in [4.78, 5) is 24.4. The molecule has 1 aliphatic heterocycles. The van der Waals surface area contributed by atoms with Crippen LogP contribution in [-0.2, 0) is 0 Å². The van der Waals surface area contributed by atoms with E-state index in [2.05, 4.69) is 0 Å². The molecule has 0 radical (unpaired) electrons. The minimum Gasteiger partial charge on any atom is -0.338 e. The molecule has 6 nitrogen and oxygen atoms in total. The third kappa shape index (κ3) is 2.73. The Morgan fingerprint density at radius 1 is 1.58 bits per heavy atom. The second-order valence-electron chi connectivity index (χ2n) is 4.90. The van der Waals surface area contributed by atoms with Gasteiger partial charge in [-0.05, 0) is 31.9 Å². The number of carbonyl (C=O) groups excluding carboxylic acids is 1. The van der Waals surface area contributed by atoms with Crippen molar-refractivity contribution in [3.8, 4) is 0 Å². The van der Waals surface area contributed by atoms with Crippen LogP contribution in [0, 0.1) is 23.0 Å². The molecule has 1 saturated heterocycles. The predicted molar refractivity (Wildman–Crippen MR) is 70.9 cm³/mol. The van der Waals surface area contributed by atoms with Crippen molar-refractivity contribution in [1.82, 2.24) is 4.90 Å². The lowest BCUT2D eigenvalue weighted by molar-refractivity contribution is -0.385. The normalized spacial score (nSPS) is 18.6. The highest BCUT2D eigenvalue weighted by atomic mass is 16.6. The Morgan fingerprint density at radius 3 is 2.89 bits per heavy atom. The van der Waals surface area contributed by atoms with Gasteiger partial charge in [0.15, 0.2) is 0 Å². The Bertz CT molecular complexity index is 516. The number of aryl methyl sites for hydroxylation is 1. The Balaban J connectivity index is 2.20. The van der Waals surface area contributed by atoms with Gasteiger partial charge >= 0.3 is 0 Å². The largest absolute Gasteiger partial charge is 0.338 e. The van der Waals surface area contributed by atoms with E-state index in [-0.39, 0.29) is 11.6 Å². The van der Waals surface area contributed by atoms with E-state index >= 15 is 0 Å². The molecule has 19 heavy (non-hydrogen) atoms. The Hall–Kier alpha value is -1.95. The minimum absolute atomic E-state index is 0.0135. The fourth-order valence-electron chi connectivity index (χ4n) is 2.33. The molecular formula is C13H17N3O3. The van der Waals surface area contributed by atoms with E-state index in [1.54, 1.807) is 24.0 Å². The molecule has 1 amide bonds. The molecule has 0 aromatic heterocycles. The zero-order chi connectivity index (χ0) is 14.0. The molecule has 1 unspecified atom stereocenters. The molecule has 6 heteroatoms. The summed E-state index contributed by atoms with van der Waals surface area (Å²) in [7, 11) is 0. The van der Waals surface area contributed by atoms with Crippen LogP contribution in [0.15, 0.2) is 18.2 Å². The van der Waals surface area contributed by atoms with Gasteiger partial charge in [-0.15, -0.1) is 0 Å². The number of nitrogens with two attached hydrogens (primary N) is 1. The number of hydrogen-bond acceptors (Lipinski definition) is 4. The molecule has 1 aliphatic rings. The van der Waals surface area contributed by atoms with Gasteiger partial charge in [0.2, 0.25) is 0 Å². The maximum absolute atomic E-state index is 12.3. The molecule has 0 spiro atoms. The molecule has 2 N–H and O–H groups in total. The van der Waals surface area contributed by atoms with Crippen molar-refractivity contribution in [2.75, 3.05) is 19.6 Å². The molecule has 0 saturated carbocycles. The van der Waals surface area contributed by atoms with Crippen LogP contribution in [0.3, 0.4) is 0 Å². The predicted octanol–water partition coefficient (Wildman–Crippen LogP) is 1.32. The van der Waals surface area contributed by atoms with Gasteiger partial charge in [-0.2, -0.15) is 0 Å². The third-order valence-electron chi connectivity index (χ3n) is 3.56. The molecule has 1 fully saturated rings. The third-order valence-corrected chi connectivity index (χ3v) is 3.56. The standard InChI is InChI=1S/C13H17N3O3/c1-9-2-3-11(6-12(9)16(18)19)13(17)15-5-4-10(7-14)8-15/h2-3,6,10H,4-5,7-8,14H2,1H3. The molecule has 1 aromatic rings. The van der Waals surface area contributed by atoms with E-state index in [0.29, 0.717) is 36.7 Å². The Morgan fingerprint density at radius 2 is 2.32 bits per heavy atom. The van der Waals surface area contributed by atoms with Crippen molar-refractivity contribution >= 4 is 11.6 Å². The van der Waals surface area contributed by atoms with E-state index in [1.165, 1.54) is 6.07 Å². The zero-order valence-corrected chi connectivity index (χ0v) is 10.8. The van der Waals surface area contributed by atoms with Crippen LogP contribution in [-0.4, -0.2) is 35.4 Å². The number of nitro benzene ring substituents is 1. The molecule has 0 bridgehead atoms. The van der Waals surface area contributed by atoms with E-state index < -0.39 is 4.92 Å². The van der Waals surface area contributed by atoms with Crippen molar-refractivity contribution in [3.63, 3.8) is 0 Å². The van der Waals surface area contributed by atoms with Crippen molar-refractivity contribution in [3.05, 3.63) is 39.4 Å². The smallest absolute Gasteiger partial charge is 0.273 e. The summed E-state index contributed by atoms with van der Waals surface area (Å²) in [6.45, 7) is 3.53. The molecule has 1 atom stereocenters. The maximum atomic E-state index is 12.3. The van der Waals surface area contributed by atoms with E-state index in [4.69, 9.17) is 5.73 Å². The number of likely N-dealkylation sites (tertiary alicyclic amines) is 1. The lowest BCUT2D eigenvalue weighted by Gasteiger charge is -2.16. The van der Waals surface area contributed by atoms with E-state index in [0.717, 1.165) is 6.42 Å². The minimum atomic E-state index is -0.460. The Kier molecular flexibility index (Phi) is 3.80. The number of benzene rings is 1. The molecule has 1 aromatic carbocycles. The lowest BCUT2D eigenvalue weighted by Crippen LogP contribution is -2.29. The highest BCUT2D eigenvalue weighted by Gasteiger charge is 2.27. The summed E-state index contributed by atoms with van der Waals surface area (Å²) in [6, 6.07) is 4.61. The quantitative estimate of drug-likeness (QED) is 0.658. The summed E-state index contributed by atoms with van der Waals surface area (Å²) in [6.07, 6.45) is 0.899. The molecule has 102 valence electrons. The van der Waals surface area contributed by atoms with Gasteiger partial charge in [0, 0.05) is 30.3 Å². The van der Waals surface area contributed by atoms with Crippen molar-refractivity contribution in [2.24, 2.45) is 11.7 Å². The van der Waals surface area contributed by atoms with Crippen LogP contribution >= 0.6 is 0 Å². The van der Waals surface area contributed by atoms with E-state index in [1.807, 2.05) is 0 Å². The van der Waals surface area contributed by atoms with Gasteiger partial charge in [-0.1, -0.05) is 6.07 Å². The fourth-order valence-corrected chi connectivity index (χ4v) is 2.33. The van der Waals surface area contributed by atoms with Crippen LogP contribution in [0.25, 0.3) is 0 Å². The number of nitrogens with zero attached hydrogens (tertiary/aromatic N) is 2. The number of rotatable bonds is 3. The zero-order valence-electron chi connectivity index (χ0n) is 10.8. The summed E-state index contributed by atoms with van der Waals surface area (Å²) in [5, 5.41) is 10.9. The van der Waals surface area contributed by atoms with Crippen LogP contribution < -0.4 is 5.73 Å². The van der Waals surface area contributed by atoms with Crippen molar-refractivity contribution in [1.29, 1.82) is 0 Å². The summed E-state index contributed by atoms with van der Waals surface area (Å²) < 4.78 is 0. The number of amides is 1. The van der Waals surface area contributed by atoms with Gasteiger partial charge in [0.05, 0.1) is 4.92 Å². The number of nitro groups is 1. The van der Waals surface area contributed by atoms with Crippen LogP contribution in [0.2, 0.25) is 0 Å². The second kappa shape index (κ2) is 5.36. The second-order valence-corrected chi connectivity index (χ2v) is 4.90. The van der Waals surface area contributed by atoms with Gasteiger partial charge in [0.1, 0.15) is 0 Å². The summed E-state index contributed by atoms with van der Waals surface area (Å²) in [5.41, 5.74) is 6.51. The molecule has 0 aliphatic carbocycles. The first kappa shape index (κ1) is 13.5. The van der Waals surface area contributed by atoms with Crippen LogP contribution in [0.5, 0.6) is 0 Å². The monoisotopic (exact) mass is 263 g/mol. The molecule has 2 rings (SSSR count). The maximum Gasteiger partial charge on any atom is 0.273 e. The fraction of sp³-hybridized carbons (Fsp3) is 0.462. The molecular weight excluding hydrogens is 246 g/mol. The average Bonchev–Trinajstić information content (AvgIpc) is 2.87. The van der Waals surface area contributed by atoms with Crippen molar-refractivity contribution < 1.29 is 9.72 Å². The van der Waals surface area contributed by atoms with Gasteiger partial charge in [0.25, 0.3) is 11.6 Å². The number of hydrogen-bond donors (Lipinski definition) is 1. The average molecular weight is 263 g/mol. The highest BCUT2D eigenvalue weighted by molar-refractivity contribution is 5.95. The summed E-state index contributed by atoms with van der Waals surface area (Å²) in [5.74, 6) is 0.184. The first-order chi connectivity index (χ1) is 9.02. The lowest BCUT2D eigenvalue weighted by atomic mass is 10.1. The van der Waals surface area contributed by atoms with Crippen molar-refractivity contribution in [2.45, 2.75) is 13.3 Å². The van der Waals surface area contributed by atoms with Gasteiger partial charge in [-0.25, -0.2) is 0 Å². The van der Waals surface area contributed by atoms with E-state index in [9.17, 15) is 14.9 Å². The number of carbonyl (C=O) groups is 1. The first-order valence-electron chi connectivity index (χ1n) is 6.27. The highest BCUT2D eigenvalue weighted by Crippen LogP contribution is 2.22. The first-order valence-corrected chi connectivity index (χ1v) is 6.27. The topological polar surface area (TPSA) is 89.5 Å². The summed E-state index contributed by atoms with van der Waals surface area (Å²) >= 11 is 0. The molecule has 1 heterocycles. The Labute approximate surface area is 111 Å². The van der Waals surface area contributed by atoms with Gasteiger partial charge in [-0.3, -0.25) is 14.9 Å².